The van der Waals surface area contributed by atoms with Crippen molar-refractivity contribution < 1.29 is 23.8 Å². The molecule has 0 aromatic heterocycles. The smallest absolute Gasteiger partial charge is 0.329 e. The Kier molecular flexibility index (Phi) is 7.51. The van der Waals surface area contributed by atoms with Gasteiger partial charge in [0, 0.05) is 12.1 Å². The number of rotatable bonds is 7. The maximum Gasteiger partial charge on any atom is 0.329 e. The Hall–Kier alpha value is -3.75. The van der Waals surface area contributed by atoms with E-state index < -0.39 is 11.8 Å². The first-order valence-electron chi connectivity index (χ1n) is 10.1. The highest BCUT2D eigenvalue weighted by molar-refractivity contribution is 6.42. The van der Waals surface area contributed by atoms with E-state index in [0.29, 0.717) is 32.9 Å². The van der Waals surface area contributed by atoms with Gasteiger partial charge in [-0.2, -0.15) is 5.10 Å². The minimum Gasteiger partial charge on any atom is -0.488 e. The lowest BCUT2D eigenvalue weighted by molar-refractivity contribution is -0.139. The summed E-state index contributed by atoms with van der Waals surface area (Å²) in [5, 5.41) is 7.30. The molecule has 4 rings (SSSR count). The summed E-state index contributed by atoms with van der Waals surface area (Å²) in [5.74, 6) is 0.0632. The highest BCUT2D eigenvalue weighted by Gasteiger charge is 2.15. The number of amides is 2. The number of fused-ring (bicyclic) bond motifs is 1. The van der Waals surface area contributed by atoms with Crippen molar-refractivity contribution in [2.24, 2.45) is 5.10 Å². The fourth-order valence-corrected chi connectivity index (χ4v) is 3.35. The highest BCUT2D eigenvalue weighted by atomic mass is 35.5. The van der Waals surface area contributed by atoms with E-state index in [0.717, 1.165) is 11.1 Å². The van der Waals surface area contributed by atoms with E-state index in [9.17, 15) is 9.59 Å². The van der Waals surface area contributed by atoms with Crippen molar-refractivity contribution in [1.82, 2.24) is 10.7 Å². The van der Waals surface area contributed by atoms with Crippen LogP contribution in [-0.4, -0.2) is 24.8 Å². The largest absolute Gasteiger partial charge is 0.488 e. The van der Waals surface area contributed by atoms with Gasteiger partial charge < -0.3 is 19.5 Å². The van der Waals surface area contributed by atoms with Gasteiger partial charge in [-0.15, -0.1) is 0 Å². The molecule has 0 unspecified atom stereocenters. The number of halogens is 2. The van der Waals surface area contributed by atoms with Gasteiger partial charge in [0.15, 0.2) is 11.5 Å². The number of carbonyl (C=O) groups is 2. The Labute approximate surface area is 205 Å². The Bertz CT molecular complexity index is 1250. The van der Waals surface area contributed by atoms with E-state index in [4.69, 9.17) is 37.4 Å². The van der Waals surface area contributed by atoms with Crippen LogP contribution in [0.3, 0.4) is 0 Å². The second-order valence-corrected chi connectivity index (χ2v) is 7.96. The molecule has 0 fully saturated rings. The molecule has 2 N–H and O–H groups in total. The predicted octanol–water partition coefficient (Wildman–Crippen LogP) is 4.07. The summed E-state index contributed by atoms with van der Waals surface area (Å²) in [6, 6.07) is 17.6. The van der Waals surface area contributed by atoms with Crippen LogP contribution >= 0.6 is 23.2 Å². The van der Waals surface area contributed by atoms with Crippen molar-refractivity contribution in [1.29, 1.82) is 0 Å². The first kappa shape index (κ1) is 23.4. The second-order valence-electron chi connectivity index (χ2n) is 7.14. The Morgan fingerprint density at radius 2 is 1.74 bits per heavy atom. The molecule has 0 saturated heterocycles. The zero-order valence-electron chi connectivity index (χ0n) is 17.7. The highest BCUT2D eigenvalue weighted by Crippen LogP contribution is 2.32. The zero-order chi connectivity index (χ0) is 23.9. The zero-order valence-corrected chi connectivity index (χ0v) is 19.2. The number of hydrogen-bond donors (Lipinski definition) is 2. The third-order valence-corrected chi connectivity index (χ3v) is 5.50. The summed E-state index contributed by atoms with van der Waals surface area (Å²) in [6.45, 7) is 0.573. The number of ether oxygens (including phenoxy) is 3. The number of nitrogens with zero attached hydrogens (tertiary/aromatic N) is 1. The van der Waals surface area contributed by atoms with Crippen molar-refractivity contribution in [2.45, 2.75) is 13.2 Å². The molecular formula is C24H19Cl2N3O5. The first-order valence-corrected chi connectivity index (χ1v) is 10.9. The van der Waals surface area contributed by atoms with E-state index in [1.807, 2.05) is 12.1 Å². The molecule has 0 atom stereocenters. The van der Waals surface area contributed by atoms with Gasteiger partial charge in [0.25, 0.3) is 0 Å². The van der Waals surface area contributed by atoms with Crippen molar-refractivity contribution in [3.05, 3.63) is 87.4 Å². The van der Waals surface area contributed by atoms with Gasteiger partial charge in [-0.05, 0) is 47.5 Å². The number of hydrogen-bond acceptors (Lipinski definition) is 6. The summed E-state index contributed by atoms with van der Waals surface area (Å²) in [7, 11) is 0. The van der Waals surface area contributed by atoms with Crippen molar-refractivity contribution >= 4 is 41.2 Å². The van der Waals surface area contributed by atoms with Gasteiger partial charge in [0.2, 0.25) is 6.79 Å². The molecule has 10 heteroatoms. The van der Waals surface area contributed by atoms with E-state index in [1.54, 1.807) is 48.5 Å². The lowest BCUT2D eigenvalue weighted by Crippen LogP contribution is -2.37. The molecule has 0 bridgehead atoms. The number of hydrazone groups is 1. The van der Waals surface area contributed by atoms with Crippen molar-refractivity contribution in [3.8, 4) is 17.2 Å². The molecule has 1 aliphatic rings. The number of carbonyl (C=O) groups excluding carboxylic acids is 2. The van der Waals surface area contributed by atoms with E-state index in [1.165, 1.54) is 6.21 Å². The standard InChI is InChI=1S/C24H19Cl2N3O5/c25-18-7-5-16(9-19(18)26)13-32-20-4-2-1-3-17(20)12-28-29-24(31)23(30)27-11-15-6-8-21-22(10-15)34-14-33-21/h1-10,12H,11,13-14H2,(H,27,30)(H,29,31)/b28-12-. The van der Waals surface area contributed by atoms with Gasteiger partial charge >= 0.3 is 11.8 Å². The average Bonchev–Trinajstić information content (AvgIpc) is 3.32. The summed E-state index contributed by atoms with van der Waals surface area (Å²) in [5.41, 5.74) is 4.43. The summed E-state index contributed by atoms with van der Waals surface area (Å²) < 4.78 is 16.4. The average molecular weight is 500 g/mol. The molecule has 1 heterocycles. The van der Waals surface area contributed by atoms with E-state index in [2.05, 4.69) is 15.8 Å². The van der Waals surface area contributed by atoms with Crippen LogP contribution < -0.4 is 25.0 Å². The normalized spacial score (nSPS) is 11.9. The van der Waals surface area contributed by atoms with Crippen molar-refractivity contribution in [3.63, 3.8) is 0 Å². The third-order valence-electron chi connectivity index (χ3n) is 4.76. The second kappa shape index (κ2) is 10.9. The molecule has 0 spiro atoms. The Balaban J connectivity index is 1.29. The third kappa shape index (κ3) is 5.98. The van der Waals surface area contributed by atoms with Gasteiger partial charge in [-0.25, -0.2) is 5.43 Å². The Morgan fingerprint density at radius 1 is 0.941 bits per heavy atom. The summed E-state index contributed by atoms with van der Waals surface area (Å²) in [4.78, 5) is 24.1. The molecule has 2 amide bonds. The van der Waals surface area contributed by atoms with Gasteiger partial charge in [-0.3, -0.25) is 9.59 Å². The predicted molar refractivity (Wildman–Crippen MR) is 127 cm³/mol. The molecule has 3 aromatic rings. The molecule has 174 valence electrons. The first-order chi connectivity index (χ1) is 16.5. The lowest BCUT2D eigenvalue weighted by atomic mass is 10.2. The molecule has 34 heavy (non-hydrogen) atoms. The molecule has 1 aliphatic heterocycles. The van der Waals surface area contributed by atoms with Crippen LogP contribution in [0.5, 0.6) is 17.2 Å². The van der Waals surface area contributed by atoms with Gasteiger partial charge in [-0.1, -0.05) is 47.5 Å². The monoisotopic (exact) mass is 499 g/mol. The fraction of sp³-hybridized carbons (Fsp3) is 0.125. The van der Waals surface area contributed by atoms with Crippen LogP contribution in [0.2, 0.25) is 10.0 Å². The van der Waals surface area contributed by atoms with Crippen LogP contribution in [0, 0.1) is 0 Å². The van der Waals surface area contributed by atoms with Crippen LogP contribution in [0.4, 0.5) is 0 Å². The van der Waals surface area contributed by atoms with E-state index in [-0.39, 0.29) is 19.9 Å². The minimum absolute atomic E-state index is 0.151. The van der Waals surface area contributed by atoms with Gasteiger partial charge in [0.1, 0.15) is 12.4 Å². The molecule has 0 aliphatic carbocycles. The van der Waals surface area contributed by atoms with E-state index >= 15 is 0 Å². The van der Waals surface area contributed by atoms with Gasteiger partial charge in [0.05, 0.1) is 16.3 Å². The fourth-order valence-electron chi connectivity index (χ4n) is 3.03. The number of benzene rings is 3. The molecule has 0 saturated carbocycles. The lowest BCUT2D eigenvalue weighted by Gasteiger charge is -2.09. The SMILES string of the molecule is O=C(NCc1ccc2c(c1)OCO2)C(=O)N/N=C\c1ccccc1OCc1ccc(Cl)c(Cl)c1. The minimum atomic E-state index is -0.897. The number of para-hydroxylation sites is 1. The molecule has 3 aromatic carbocycles. The maximum absolute atomic E-state index is 12.1. The quantitative estimate of drug-likeness (QED) is 0.290. The van der Waals surface area contributed by atoms with Crippen LogP contribution in [-0.2, 0) is 22.7 Å². The molecule has 8 nitrogen and oxygen atoms in total. The Morgan fingerprint density at radius 3 is 2.59 bits per heavy atom. The number of nitrogens with one attached hydrogen (secondary N) is 2. The maximum atomic E-state index is 12.1. The molecule has 0 radical (unpaired) electrons. The van der Waals surface area contributed by atoms with Crippen LogP contribution in [0.15, 0.2) is 65.8 Å². The van der Waals surface area contributed by atoms with Crippen molar-refractivity contribution in [2.75, 3.05) is 6.79 Å². The van der Waals surface area contributed by atoms with Crippen LogP contribution in [0.1, 0.15) is 16.7 Å². The van der Waals surface area contributed by atoms with Crippen LogP contribution in [0.25, 0.3) is 0 Å². The summed E-state index contributed by atoms with van der Waals surface area (Å²) >= 11 is 12.0. The molecular weight excluding hydrogens is 481 g/mol. The topological polar surface area (TPSA) is 98.2 Å². The summed E-state index contributed by atoms with van der Waals surface area (Å²) in [6.07, 6.45) is 1.40.